The van der Waals surface area contributed by atoms with E-state index in [1.165, 1.54) is 24.3 Å². The van der Waals surface area contributed by atoms with Gasteiger partial charge in [0.1, 0.15) is 6.61 Å². The first-order valence-corrected chi connectivity index (χ1v) is 12.8. The zero-order chi connectivity index (χ0) is 24.8. The summed E-state index contributed by atoms with van der Waals surface area (Å²) in [7, 11) is -3.69. The van der Waals surface area contributed by atoms with Gasteiger partial charge in [-0.25, -0.2) is 17.5 Å². The summed E-state index contributed by atoms with van der Waals surface area (Å²) >= 11 is 0. The number of nitrogens with one attached hydrogen (secondary N) is 1. The molecule has 0 aliphatic carbocycles. The van der Waals surface area contributed by atoms with Gasteiger partial charge in [-0.05, 0) is 36.4 Å². The lowest BCUT2D eigenvalue weighted by Gasteiger charge is -2.45. The molecule has 2 fully saturated rings. The minimum Gasteiger partial charge on any atom is -0.489 e. The first kappa shape index (κ1) is 25.0. The highest BCUT2D eigenvalue weighted by Gasteiger charge is 2.34. The summed E-state index contributed by atoms with van der Waals surface area (Å²) in [4.78, 5) is 4.49. The average molecular weight is 500 g/mol. The monoisotopic (exact) mass is 499 g/mol. The molecule has 0 saturated carbocycles. The van der Waals surface area contributed by atoms with Crippen LogP contribution in [0.25, 0.3) is 0 Å². The maximum atomic E-state index is 14.0. The Labute approximate surface area is 204 Å². The largest absolute Gasteiger partial charge is 0.489 e. The molecule has 2 aliphatic rings. The molecule has 35 heavy (non-hydrogen) atoms. The van der Waals surface area contributed by atoms with Crippen LogP contribution < -0.4 is 9.46 Å². The Morgan fingerprint density at radius 1 is 1.00 bits per heavy atom. The van der Waals surface area contributed by atoms with Crippen molar-refractivity contribution in [3.63, 3.8) is 0 Å². The van der Waals surface area contributed by atoms with Crippen LogP contribution in [-0.2, 0) is 14.8 Å². The quantitative estimate of drug-likeness (QED) is 0.549. The summed E-state index contributed by atoms with van der Waals surface area (Å²) in [5.41, 5.74) is 0.548. The Balaban J connectivity index is 1.21. The first-order chi connectivity index (χ1) is 16.9. The third-order valence-electron chi connectivity index (χ3n) is 5.95. The smallest absolute Gasteiger partial charge is 0.240 e. The van der Waals surface area contributed by atoms with Crippen LogP contribution in [0.3, 0.4) is 0 Å². The topological polar surface area (TPSA) is 119 Å². The Morgan fingerprint density at radius 2 is 1.66 bits per heavy atom. The summed E-state index contributed by atoms with van der Waals surface area (Å²) in [5, 5.41) is 17.8. The molecule has 2 aromatic carbocycles. The van der Waals surface area contributed by atoms with E-state index in [0.29, 0.717) is 51.4 Å². The molecule has 2 aromatic rings. The highest BCUT2D eigenvalue weighted by Crippen LogP contribution is 2.21. The van der Waals surface area contributed by atoms with E-state index < -0.39 is 15.8 Å². The van der Waals surface area contributed by atoms with Crippen molar-refractivity contribution in [2.45, 2.75) is 17.1 Å². The Bertz CT molecular complexity index is 1230. The number of ether oxygens (including phenoxy) is 2. The average Bonchev–Trinajstić information content (AvgIpc) is 2.84. The van der Waals surface area contributed by atoms with Gasteiger partial charge in [0.2, 0.25) is 10.0 Å². The second-order valence-corrected chi connectivity index (χ2v) is 10.3. The van der Waals surface area contributed by atoms with Gasteiger partial charge in [0.25, 0.3) is 0 Å². The number of benzene rings is 2. The van der Waals surface area contributed by atoms with E-state index in [1.807, 2.05) is 12.1 Å². The minimum atomic E-state index is -3.69. The lowest BCUT2D eigenvalue weighted by Crippen LogP contribution is -2.60. The number of morpholine rings is 2. The fourth-order valence-electron chi connectivity index (χ4n) is 4.35. The van der Waals surface area contributed by atoms with E-state index in [4.69, 9.17) is 20.0 Å². The van der Waals surface area contributed by atoms with Crippen LogP contribution in [0, 0.1) is 28.5 Å². The number of hydrogen-bond acceptors (Lipinski definition) is 8. The molecule has 2 unspecified atom stereocenters. The predicted octanol–water partition coefficient (Wildman–Crippen LogP) is 1.31. The predicted molar refractivity (Wildman–Crippen MR) is 124 cm³/mol. The summed E-state index contributed by atoms with van der Waals surface area (Å²) in [6, 6.07) is 13.9. The van der Waals surface area contributed by atoms with Gasteiger partial charge >= 0.3 is 0 Å². The van der Waals surface area contributed by atoms with Crippen LogP contribution in [0.2, 0.25) is 0 Å². The van der Waals surface area contributed by atoms with Crippen molar-refractivity contribution in [3.8, 4) is 17.9 Å². The summed E-state index contributed by atoms with van der Waals surface area (Å²) in [5.74, 6) is -0.419. The zero-order valence-electron chi connectivity index (χ0n) is 19.1. The molecule has 2 heterocycles. The summed E-state index contributed by atoms with van der Waals surface area (Å²) in [6.45, 7) is 4.53. The van der Waals surface area contributed by atoms with Gasteiger partial charge in [-0.1, -0.05) is 6.07 Å². The van der Waals surface area contributed by atoms with E-state index >= 15 is 0 Å². The molecule has 4 rings (SSSR count). The number of halogens is 1. The van der Waals surface area contributed by atoms with Crippen LogP contribution in [0.1, 0.15) is 11.1 Å². The number of nitrogens with zero attached hydrogens (tertiary/aromatic N) is 4. The molecule has 0 radical (unpaired) electrons. The van der Waals surface area contributed by atoms with Crippen molar-refractivity contribution >= 4 is 10.0 Å². The van der Waals surface area contributed by atoms with Gasteiger partial charge < -0.3 is 9.47 Å². The summed E-state index contributed by atoms with van der Waals surface area (Å²) < 4.78 is 53.2. The SMILES string of the molecule is N#Cc1cccc(S(=O)(=O)NCCN2CC3CN(CCOc4ccc(C#N)cc4F)CC(C2)O3)c1. The molecule has 2 aliphatic heterocycles. The maximum absolute atomic E-state index is 14.0. The van der Waals surface area contributed by atoms with E-state index in [9.17, 15) is 12.8 Å². The molecule has 2 bridgehead atoms. The van der Waals surface area contributed by atoms with Crippen molar-refractivity contribution in [1.82, 2.24) is 14.5 Å². The third-order valence-corrected chi connectivity index (χ3v) is 7.41. The Kier molecular flexibility index (Phi) is 7.96. The van der Waals surface area contributed by atoms with E-state index in [2.05, 4.69) is 14.5 Å². The fraction of sp³-hybridized carbons (Fsp3) is 0.417. The second-order valence-electron chi connectivity index (χ2n) is 8.54. The van der Waals surface area contributed by atoms with Crippen molar-refractivity contribution in [1.29, 1.82) is 10.5 Å². The van der Waals surface area contributed by atoms with Gasteiger partial charge in [-0.15, -0.1) is 0 Å². The highest BCUT2D eigenvalue weighted by atomic mass is 32.2. The van der Waals surface area contributed by atoms with Crippen molar-refractivity contribution < 1.29 is 22.3 Å². The number of sulfonamides is 1. The molecule has 0 spiro atoms. The maximum Gasteiger partial charge on any atom is 0.240 e. The summed E-state index contributed by atoms with van der Waals surface area (Å²) in [6.07, 6.45) is -0.00358. The molecule has 2 atom stereocenters. The molecule has 11 heteroatoms. The van der Waals surface area contributed by atoms with Crippen LogP contribution >= 0.6 is 0 Å². The minimum absolute atomic E-state index is 0.00179. The standard InChI is InChI=1S/C24H26FN5O4S/c25-23-11-19(13-27)4-5-24(23)33-9-8-30-16-20-14-29(15-21(17-30)34-20)7-6-28-35(31,32)22-3-1-2-18(10-22)12-26/h1-5,10-11,20-21,28H,6-9,14-17H2. The number of fused-ring (bicyclic) bond motifs is 2. The highest BCUT2D eigenvalue weighted by molar-refractivity contribution is 7.89. The normalized spacial score (nSPS) is 20.7. The van der Waals surface area contributed by atoms with Gasteiger partial charge in [0, 0.05) is 45.8 Å². The van der Waals surface area contributed by atoms with E-state index in [0.717, 1.165) is 6.07 Å². The van der Waals surface area contributed by atoms with Gasteiger partial charge in [0.05, 0.1) is 40.4 Å². The van der Waals surface area contributed by atoms with Crippen molar-refractivity contribution in [2.24, 2.45) is 0 Å². The number of nitriles is 2. The fourth-order valence-corrected chi connectivity index (χ4v) is 5.42. The van der Waals surface area contributed by atoms with E-state index in [1.54, 1.807) is 12.1 Å². The number of hydrogen-bond donors (Lipinski definition) is 1. The molecule has 2 saturated heterocycles. The van der Waals surface area contributed by atoms with Crippen LogP contribution in [0.15, 0.2) is 47.4 Å². The van der Waals surface area contributed by atoms with Gasteiger partial charge in [0.15, 0.2) is 11.6 Å². The van der Waals surface area contributed by atoms with Gasteiger partial charge in [-0.2, -0.15) is 10.5 Å². The molecular weight excluding hydrogens is 473 g/mol. The molecular formula is C24H26FN5O4S. The molecule has 9 nitrogen and oxygen atoms in total. The van der Waals surface area contributed by atoms with E-state index in [-0.39, 0.29) is 35.0 Å². The lowest BCUT2D eigenvalue weighted by atomic mass is 10.1. The zero-order valence-corrected chi connectivity index (χ0v) is 19.9. The van der Waals surface area contributed by atoms with Gasteiger partial charge in [-0.3, -0.25) is 9.80 Å². The molecule has 0 aromatic heterocycles. The van der Waals surface area contributed by atoms with Crippen molar-refractivity contribution in [2.75, 3.05) is 52.4 Å². The van der Waals surface area contributed by atoms with Crippen LogP contribution in [-0.4, -0.2) is 82.8 Å². The molecule has 184 valence electrons. The Morgan fingerprint density at radius 3 is 2.31 bits per heavy atom. The third kappa shape index (κ3) is 6.54. The molecule has 0 amide bonds. The lowest BCUT2D eigenvalue weighted by molar-refractivity contribution is -0.138. The van der Waals surface area contributed by atoms with Crippen LogP contribution in [0.4, 0.5) is 4.39 Å². The molecule has 1 N–H and O–H groups in total. The Hall–Kier alpha value is -3.06. The first-order valence-electron chi connectivity index (χ1n) is 11.3. The van der Waals surface area contributed by atoms with Crippen LogP contribution in [0.5, 0.6) is 5.75 Å². The van der Waals surface area contributed by atoms with Crippen molar-refractivity contribution in [3.05, 3.63) is 59.4 Å². The second kappa shape index (κ2) is 11.1. The number of rotatable bonds is 9.